The summed E-state index contributed by atoms with van der Waals surface area (Å²) in [7, 11) is -1.30. The van der Waals surface area contributed by atoms with Gasteiger partial charge in [-0.2, -0.15) is 0 Å². The van der Waals surface area contributed by atoms with Crippen LogP contribution < -0.4 is 5.32 Å². The average Bonchev–Trinajstić information content (AvgIpc) is 2.92. The van der Waals surface area contributed by atoms with Gasteiger partial charge in [0.25, 0.3) is 0 Å². The van der Waals surface area contributed by atoms with Gasteiger partial charge in [-0.25, -0.2) is 8.42 Å². The van der Waals surface area contributed by atoms with Crippen molar-refractivity contribution < 1.29 is 13.5 Å². The summed E-state index contributed by atoms with van der Waals surface area (Å²) in [4.78, 5) is 6.40. The molecule has 1 aliphatic carbocycles. The van der Waals surface area contributed by atoms with Crippen LogP contribution in [0.2, 0.25) is 0 Å². The SMILES string of the molecule is CN=C(NCC1(CCO)CCCC1)N1CCS(=O)(=O)C(C)(C)C1.I. The average molecular weight is 473 g/mol. The number of nitrogens with one attached hydrogen (secondary N) is 1. The van der Waals surface area contributed by atoms with Crippen LogP contribution in [-0.4, -0.2) is 68.2 Å². The lowest BCUT2D eigenvalue weighted by atomic mass is 9.83. The highest BCUT2D eigenvalue weighted by Crippen LogP contribution is 2.40. The molecule has 24 heavy (non-hydrogen) atoms. The Morgan fingerprint density at radius 3 is 2.42 bits per heavy atom. The number of sulfone groups is 1. The molecule has 0 unspecified atom stereocenters. The van der Waals surface area contributed by atoms with Crippen molar-refractivity contribution >= 4 is 39.8 Å². The van der Waals surface area contributed by atoms with E-state index in [1.807, 2.05) is 4.90 Å². The van der Waals surface area contributed by atoms with E-state index in [0.29, 0.717) is 13.1 Å². The number of rotatable bonds is 4. The molecule has 0 amide bonds. The first-order valence-electron chi connectivity index (χ1n) is 8.54. The van der Waals surface area contributed by atoms with Crippen molar-refractivity contribution in [3.8, 4) is 0 Å². The Balaban J connectivity index is 0.00000288. The molecule has 0 atom stereocenters. The third-order valence-electron chi connectivity index (χ3n) is 5.48. The predicted molar refractivity (Wildman–Crippen MR) is 109 cm³/mol. The number of nitrogens with zero attached hydrogens (tertiary/aromatic N) is 2. The van der Waals surface area contributed by atoms with Crippen LogP contribution in [0.3, 0.4) is 0 Å². The smallest absolute Gasteiger partial charge is 0.193 e. The molecule has 0 radical (unpaired) electrons. The largest absolute Gasteiger partial charge is 0.396 e. The molecule has 142 valence electrons. The Morgan fingerprint density at radius 1 is 1.29 bits per heavy atom. The molecule has 0 aromatic carbocycles. The molecule has 1 saturated carbocycles. The minimum absolute atomic E-state index is 0. The van der Waals surface area contributed by atoms with E-state index in [2.05, 4.69) is 10.3 Å². The number of aliphatic hydroxyl groups excluding tert-OH is 1. The first kappa shape index (κ1) is 22.0. The Bertz CT molecular complexity index is 543. The van der Waals surface area contributed by atoms with Gasteiger partial charge in [0, 0.05) is 33.3 Å². The van der Waals surface area contributed by atoms with E-state index in [9.17, 15) is 13.5 Å². The highest BCUT2D eigenvalue weighted by atomic mass is 127. The van der Waals surface area contributed by atoms with Crippen molar-refractivity contribution in [1.82, 2.24) is 10.2 Å². The number of halogens is 1. The second-order valence-electron chi connectivity index (χ2n) is 7.58. The summed E-state index contributed by atoms with van der Waals surface area (Å²) in [5, 5.41) is 12.8. The lowest BCUT2D eigenvalue weighted by Gasteiger charge is -2.40. The summed E-state index contributed by atoms with van der Waals surface area (Å²) >= 11 is 0. The summed E-state index contributed by atoms with van der Waals surface area (Å²) in [5.74, 6) is 0.944. The van der Waals surface area contributed by atoms with E-state index >= 15 is 0 Å². The van der Waals surface area contributed by atoms with Gasteiger partial charge in [0.1, 0.15) is 0 Å². The van der Waals surface area contributed by atoms with Crippen molar-refractivity contribution in [3.05, 3.63) is 0 Å². The molecule has 0 aromatic heterocycles. The first-order valence-corrected chi connectivity index (χ1v) is 10.2. The van der Waals surface area contributed by atoms with E-state index in [4.69, 9.17) is 0 Å². The third kappa shape index (κ3) is 4.75. The summed E-state index contributed by atoms with van der Waals surface area (Å²) in [6.07, 6.45) is 5.52. The maximum Gasteiger partial charge on any atom is 0.193 e. The van der Waals surface area contributed by atoms with Crippen LogP contribution in [0, 0.1) is 5.41 Å². The van der Waals surface area contributed by atoms with Gasteiger partial charge < -0.3 is 15.3 Å². The van der Waals surface area contributed by atoms with Crippen LogP contribution in [0.5, 0.6) is 0 Å². The molecule has 1 saturated heterocycles. The molecule has 2 fully saturated rings. The minimum atomic E-state index is -3.04. The fourth-order valence-electron chi connectivity index (χ4n) is 3.80. The van der Waals surface area contributed by atoms with Crippen molar-refractivity contribution in [2.75, 3.05) is 39.0 Å². The number of guanidine groups is 1. The van der Waals surface area contributed by atoms with Gasteiger partial charge in [0.05, 0.1) is 10.5 Å². The van der Waals surface area contributed by atoms with Crippen LogP contribution >= 0.6 is 24.0 Å². The Kier molecular flexibility index (Phi) is 7.80. The number of aliphatic imine (C=N–C) groups is 1. The van der Waals surface area contributed by atoms with Crippen molar-refractivity contribution in [1.29, 1.82) is 0 Å². The molecule has 0 spiro atoms. The second kappa shape index (κ2) is 8.53. The number of aliphatic hydroxyl groups is 1. The lowest BCUT2D eigenvalue weighted by Crippen LogP contribution is -2.58. The van der Waals surface area contributed by atoms with Gasteiger partial charge in [-0.15, -0.1) is 24.0 Å². The molecule has 0 aromatic rings. The summed E-state index contributed by atoms with van der Waals surface area (Å²) in [5.41, 5.74) is 0.155. The Morgan fingerprint density at radius 2 is 1.92 bits per heavy atom. The lowest BCUT2D eigenvalue weighted by molar-refractivity contribution is 0.184. The molecule has 1 aliphatic heterocycles. The molecular weight excluding hydrogens is 441 g/mol. The molecule has 2 aliphatic rings. The zero-order chi connectivity index (χ0) is 17.1. The minimum Gasteiger partial charge on any atom is -0.396 e. The highest BCUT2D eigenvalue weighted by molar-refractivity contribution is 14.0. The molecule has 2 rings (SSSR count). The number of hydrogen-bond donors (Lipinski definition) is 2. The van der Waals surface area contributed by atoms with Crippen LogP contribution in [0.25, 0.3) is 0 Å². The maximum atomic E-state index is 12.1. The van der Waals surface area contributed by atoms with Gasteiger partial charge in [-0.05, 0) is 38.5 Å². The van der Waals surface area contributed by atoms with E-state index < -0.39 is 14.6 Å². The molecule has 6 nitrogen and oxygen atoms in total. The fourth-order valence-corrected chi connectivity index (χ4v) is 5.17. The van der Waals surface area contributed by atoms with Gasteiger partial charge in [-0.1, -0.05) is 12.8 Å². The monoisotopic (exact) mass is 473 g/mol. The van der Waals surface area contributed by atoms with Crippen LogP contribution in [0.4, 0.5) is 0 Å². The molecular formula is C16H32IN3O3S. The van der Waals surface area contributed by atoms with E-state index in [-0.39, 0.29) is 41.8 Å². The Labute approximate surface area is 163 Å². The van der Waals surface area contributed by atoms with E-state index in [0.717, 1.165) is 31.8 Å². The van der Waals surface area contributed by atoms with Gasteiger partial charge in [0.2, 0.25) is 0 Å². The van der Waals surface area contributed by atoms with Crippen molar-refractivity contribution in [2.45, 2.75) is 50.7 Å². The van der Waals surface area contributed by atoms with Crippen molar-refractivity contribution in [3.63, 3.8) is 0 Å². The van der Waals surface area contributed by atoms with Crippen LogP contribution in [0.15, 0.2) is 4.99 Å². The molecule has 1 heterocycles. The summed E-state index contributed by atoms with van der Waals surface area (Å²) in [6, 6.07) is 0. The molecule has 2 N–H and O–H groups in total. The zero-order valence-corrected chi connectivity index (χ0v) is 18.2. The van der Waals surface area contributed by atoms with E-state index in [1.54, 1.807) is 20.9 Å². The topological polar surface area (TPSA) is 82.0 Å². The number of hydrogen-bond acceptors (Lipinski definition) is 4. The van der Waals surface area contributed by atoms with Crippen molar-refractivity contribution in [2.24, 2.45) is 10.4 Å². The Hall–Kier alpha value is -0.0900. The predicted octanol–water partition coefficient (Wildman–Crippen LogP) is 1.63. The van der Waals surface area contributed by atoms with E-state index in [1.165, 1.54) is 12.8 Å². The molecule has 0 bridgehead atoms. The summed E-state index contributed by atoms with van der Waals surface area (Å²) in [6.45, 7) is 5.53. The second-order valence-corrected chi connectivity index (χ2v) is 10.3. The fraction of sp³-hybridized carbons (Fsp3) is 0.938. The van der Waals surface area contributed by atoms with Gasteiger partial charge in [0.15, 0.2) is 15.8 Å². The summed E-state index contributed by atoms with van der Waals surface area (Å²) < 4.78 is 23.5. The van der Waals surface area contributed by atoms with Crippen LogP contribution in [-0.2, 0) is 9.84 Å². The van der Waals surface area contributed by atoms with Gasteiger partial charge in [-0.3, -0.25) is 4.99 Å². The quantitative estimate of drug-likeness (QED) is 0.369. The first-order chi connectivity index (χ1) is 10.8. The highest BCUT2D eigenvalue weighted by Gasteiger charge is 2.41. The van der Waals surface area contributed by atoms with Crippen LogP contribution in [0.1, 0.15) is 46.0 Å². The molecule has 8 heteroatoms. The maximum absolute atomic E-state index is 12.1. The normalized spacial score (nSPS) is 25.2. The van der Waals surface area contributed by atoms with Gasteiger partial charge >= 0.3 is 0 Å². The standard InChI is InChI=1S/C16H31N3O3S.HI/c1-15(2)13-19(9-11-23(15,21)22)14(17-3)18-12-16(8-10-20)6-4-5-7-16;/h20H,4-13H2,1-3H3,(H,17,18);1H. The zero-order valence-electron chi connectivity index (χ0n) is 15.0. The third-order valence-corrected chi connectivity index (χ3v) is 8.02.